The van der Waals surface area contributed by atoms with Crippen LogP contribution in [0, 0.1) is 24.5 Å². The lowest BCUT2D eigenvalue weighted by atomic mass is 10.1. The van der Waals surface area contributed by atoms with Crippen LogP contribution in [0.15, 0.2) is 17.0 Å². The van der Waals surface area contributed by atoms with Gasteiger partial charge in [0.2, 0.25) is 10.0 Å². The minimum absolute atomic E-state index is 0.0460. The number of benzene rings is 1. The Morgan fingerprint density at radius 3 is 2.37 bits per heavy atom. The lowest BCUT2D eigenvalue weighted by Crippen LogP contribution is -2.38. The second kappa shape index (κ2) is 5.94. The van der Waals surface area contributed by atoms with Crippen LogP contribution in [-0.2, 0) is 10.0 Å². The van der Waals surface area contributed by atoms with Gasteiger partial charge in [-0.05, 0) is 31.4 Å². The number of halogens is 2. The number of rotatable bonds is 5. The molecule has 0 radical (unpaired) electrons. The van der Waals surface area contributed by atoms with Gasteiger partial charge in [0.05, 0.1) is 0 Å². The van der Waals surface area contributed by atoms with Crippen molar-refractivity contribution in [2.24, 2.45) is 5.92 Å². The molecule has 1 aromatic carbocycles. The van der Waals surface area contributed by atoms with E-state index in [9.17, 15) is 17.2 Å². The van der Waals surface area contributed by atoms with Gasteiger partial charge in [-0.2, -0.15) is 0 Å². The summed E-state index contributed by atoms with van der Waals surface area (Å²) in [5, 5.41) is 8.95. The van der Waals surface area contributed by atoms with E-state index < -0.39 is 32.6 Å². The van der Waals surface area contributed by atoms with Crippen LogP contribution in [0.1, 0.15) is 19.4 Å². The first-order chi connectivity index (χ1) is 8.69. The number of hydrogen-bond donors (Lipinski definition) is 2. The van der Waals surface area contributed by atoms with Crippen molar-refractivity contribution >= 4 is 10.0 Å². The molecule has 7 heteroatoms. The normalized spacial score (nSPS) is 15.3. The molecule has 1 rings (SSSR count). The summed E-state index contributed by atoms with van der Waals surface area (Å²) in [6, 6.07) is 0.924. The highest BCUT2D eigenvalue weighted by atomic mass is 32.2. The molecule has 0 aliphatic rings. The number of aliphatic hydroxyl groups excluding tert-OH is 1. The Bertz CT molecular complexity index is 560. The summed E-state index contributed by atoms with van der Waals surface area (Å²) in [7, 11) is -4.09. The van der Waals surface area contributed by atoms with Gasteiger partial charge in [0, 0.05) is 18.7 Å². The Kier molecular flexibility index (Phi) is 5.00. The molecule has 108 valence electrons. The predicted octanol–water partition coefficient (Wildman–Crippen LogP) is 1.57. The first-order valence-corrected chi connectivity index (χ1v) is 7.26. The number of aryl methyl sites for hydroxylation is 1. The highest BCUT2D eigenvalue weighted by molar-refractivity contribution is 7.89. The van der Waals surface area contributed by atoms with E-state index in [1.165, 1.54) is 6.92 Å². The van der Waals surface area contributed by atoms with Gasteiger partial charge in [0.15, 0.2) is 0 Å². The van der Waals surface area contributed by atoms with Crippen LogP contribution in [0.3, 0.4) is 0 Å². The number of aliphatic hydroxyl groups is 1. The van der Waals surface area contributed by atoms with Gasteiger partial charge in [-0.25, -0.2) is 21.9 Å². The van der Waals surface area contributed by atoms with Gasteiger partial charge in [0.1, 0.15) is 16.5 Å². The maximum Gasteiger partial charge on any atom is 0.243 e. The zero-order chi connectivity index (χ0) is 14.8. The second-order valence-electron chi connectivity index (χ2n) is 4.60. The number of nitrogens with one attached hydrogen (secondary N) is 1. The maximum absolute atomic E-state index is 13.6. The van der Waals surface area contributed by atoms with Crippen LogP contribution >= 0.6 is 0 Å². The van der Waals surface area contributed by atoms with Crippen LogP contribution in [0.25, 0.3) is 0 Å². The Balaban J connectivity index is 3.11. The molecule has 0 fully saturated rings. The van der Waals surface area contributed by atoms with E-state index >= 15 is 0 Å². The van der Waals surface area contributed by atoms with Gasteiger partial charge in [-0.1, -0.05) is 6.92 Å². The predicted molar refractivity (Wildman–Crippen MR) is 67.1 cm³/mol. The van der Waals surface area contributed by atoms with E-state index in [2.05, 4.69) is 4.72 Å². The molecule has 0 saturated carbocycles. The fraction of sp³-hybridized carbons (Fsp3) is 0.500. The van der Waals surface area contributed by atoms with Gasteiger partial charge < -0.3 is 5.11 Å². The van der Waals surface area contributed by atoms with E-state index in [-0.39, 0.29) is 18.1 Å². The van der Waals surface area contributed by atoms with Crippen LogP contribution in [0.2, 0.25) is 0 Å². The Morgan fingerprint density at radius 2 is 1.84 bits per heavy atom. The third-order valence-corrected chi connectivity index (χ3v) is 4.56. The molecule has 2 N–H and O–H groups in total. The van der Waals surface area contributed by atoms with Crippen molar-refractivity contribution in [3.8, 4) is 0 Å². The molecule has 0 spiro atoms. The molecule has 2 atom stereocenters. The Hall–Kier alpha value is -1.05. The van der Waals surface area contributed by atoms with Crippen LogP contribution in [-0.4, -0.2) is 26.2 Å². The molecular weight excluding hydrogens is 276 g/mol. The third-order valence-electron chi connectivity index (χ3n) is 2.99. The molecule has 19 heavy (non-hydrogen) atoms. The highest BCUT2D eigenvalue weighted by Gasteiger charge is 2.24. The quantitative estimate of drug-likeness (QED) is 0.866. The van der Waals surface area contributed by atoms with E-state index in [0.717, 1.165) is 6.07 Å². The largest absolute Gasteiger partial charge is 0.396 e. The molecule has 0 heterocycles. The van der Waals surface area contributed by atoms with Crippen molar-refractivity contribution in [3.63, 3.8) is 0 Å². The van der Waals surface area contributed by atoms with Crippen molar-refractivity contribution in [2.45, 2.75) is 31.7 Å². The van der Waals surface area contributed by atoms with Crippen molar-refractivity contribution in [3.05, 3.63) is 29.3 Å². The fourth-order valence-electron chi connectivity index (χ4n) is 1.42. The summed E-state index contributed by atoms with van der Waals surface area (Å²) in [4.78, 5) is -0.594. The minimum atomic E-state index is -4.09. The lowest BCUT2D eigenvalue weighted by Gasteiger charge is -2.19. The molecule has 0 bridgehead atoms. The first-order valence-electron chi connectivity index (χ1n) is 5.78. The van der Waals surface area contributed by atoms with E-state index in [4.69, 9.17) is 5.11 Å². The summed E-state index contributed by atoms with van der Waals surface area (Å²) in [6.45, 7) is 4.37. The topological polar surface area (TPSA) is 66.4 Å². The summed E-state index contributed by atoms with van der Waals surface area (Å²) in [5.41, 5.74) is 0.0460. The number of hydrogen-bond acceptors (Lipinski definition) is 3. The monoisotopic (exact) mass is 293 g/mol. The SMILES string of the molecule is Cc1cc(S(=O)(=O)NC(C)C(C)CO)c(F)cc1F. The van der Waals surface area contributed by atoms with Gasteiger partial charge >= 0.3 is 0 Å². The van der Waals surface area contributed by atoms with E-state index in [1.54, 1.807) is 13.8 Å². The molecule has 1 aromatic rings. The van der Waals surface area contributed by atoms with Crippen molar-refractivity contribution in [1.82, 2.24) is 4.72 Å². The molecule has 0 amide bonds. The van der Waals surface area contributed by atoms with Crippen molar-refractivity contribution in [1.29, 1.82) is 0 Å². The van der Waals surface area contributed by atoms with Crippen molar-refractivity contribution < 1.29 is 22.3 Å². The smallest absolute Gasteiger partial charge is 0.243 e. The van der Waals surface area contributed by atoms with Crippen LogP contribution < -0.4 is 4.72 Å². The summed E-state index contributed by atoms with van der Waals surface area (Å²) in [5.74, 6) is -2.26. The molecule has 2 unspecified atom stereocenters. The highest BCUT2D eigenvalue weighted by Crippen LogP contribution is 2.19. The van der Waals surface area contributed by atoms with Crippen molar-refractivity contribution in [2.75, 3.05) is 6.61 Å². The van der Waals surface area contributed by atoms with E-state index in [0.29, 0.717) is 6.07 Å². The molecule has 4 nitrogen and oxygen atoms in total. The Labute approximate surface area is 111 Å². The molecule has 0 saturated heterocycles. The standard InChI is InChI=1S/C12H17F2NO3S/c1-7-4-12(11(14)5-10(7)13)19(17,18)15-9(3)8(2)6-16/h4-5,8-9,15-16H,6H2,1-3H3. The summed E-state index contributed by atoms with van der Waals surface area (Å²) in [6.07, 6.45) is 0. The zero-order valence-corrected chi connectivity index (χ0v) is 11.8. The lowest BCUT2D eigenvalue weighted by molar-refractivity contribution is 0.216. The van der Waals surface area contributed by atoms with Crippen LogP contribution in [0.5, 0.6) is 0 Å². The first kappa shape index (κ1) is 16.0. The van der Waals surface area contributed by atoms with Gasteiger partial charge in [0.25, 0.3) is 0 Å². The molecular formula is C12H17F2NO3S. The molecule has 0 aliphatic carbocycles. The maximum atomic E-state index is 13.6. The second-order valence-corrected chi connectivity index (χ2v) is 6.28. The van der Waals surface area contributed by atoms with Crippen LogP contribution in [0.4, 0.5) is 8.78 Å². The minimum Gasteiger partial charge on any atom is -0.396 e. The van der Waals surface area contributed by atoms with Gasteiger partial charge in [-0.15, -0.1) is 0 Å². The van der Waals surface area contributed by atoms with E-state index in [1.807, 2.05) is 0 Å². The zero-order valence-electron chi connectivity index (χ0n) is 10.9. The molecule has 0 aromatic heterocycles. The third kappa shape index (κ3) is 3.71. The average Bonchev–Trinajstić information content (AvgIpc) is 2.31. The Morgan fingerprint density at radius 1 is 1.26 bits per heavy atom. The molecule has 0 aliphatic heterocycles. The summed E-state index contributed by atoms with van der Waals surface area (Å²) < 4.78 is 52.9. The fourth-order valence-corrected chi connectivity index (χ4v) is 2.92. The summed E-state index contributed by atoms with van der Waals surface area (Å²) >= 11 is 0. The average molecular weight is 293 g/mol. The van der Waals surface area contributed by atoms with Gasteiger partial charge in [-0.3, -0.25) is 0 Å². The number of sulfonamides is 1.